The van der Waals surface area contributed by atoms with Gasteiger partial charge >= 0.3 is 0 Å². The molecular formula is C30H37N5O2S. The Labute approximate surface area is 230 Å². The Hall–Kier alpha value is -3.39. The Balaban J connectivity index is 1.42. The number of thioether (sulfide) groups is 1. The number of piperazine rings is 1. The van der Waals surface area contributed by atoms with Gasteiger partial charge in [0.2, 0.25) is 5.91 Å². The molecule has 1 aromatic heterocycles. The average Bonchev–Trinajstić information content (AvgIpc) is 2.91. The summed E-state index contributed by atoms with van der Waals surface area (Å²) in [6.07, 6.45) is 0. The van der Waals surface area contributed by atoms with Crippen molar-refractivity contribution in [3.8, 4) is 0 Å². The van der Waals surface area contributed by atoms with Crippen LogP contribution in [0.15, 0.2) is 65.8 Å². The highest BCUT2D eigenvalue weighted by Crippen LogP contribution is 2.29. The number of anilines is 1. The number of hydrogen-bond donors (Lipinski definition) is 0. The maximum atomic E-state index is 12.9. The Morgan fingerprint density at radius 2 is 1.58 bits per heavy atom. The molecular weight excluding hydrogens is 494 g/mol. The molecule has 0 radical (unpaired) electrons. The summed E-state index contributed by atoms with van der Waals surface area (Å²) in [7, 11) is 1.83. The van der Waals surface area contributed by atoms with Gasteiger partial charge in [0.25, 0.3) is 5.91 Å². The molecule has 0 saturated carbocycles. The van der Waals surface area contributed by atoms with Gasteiger partial charge in [0.1, 0.15) is 5.82 Å². The van der Waals surface area contributed by atoms with Gasteiger partial charge in [0, 0.05) is 69.5 Å². The number of nitrogens with zero attached hydrogens (tertiary/aromatic N) is 5. The molecule has 1 aliphatic heterocycles. The van der Waals surface area contributed by atoms with Crippen LogP contribution >= 0.6 is 11.8 Å². The van der Waals surface area contributed by atoms with Gasteiger partial charge in [0.15, 0.2) is 5.16 Å². The van der Waals surface area contributed by atoms with Crippen molar-refractivity contribution >= 4 is 29.4 Å². The number of rotatable bonds is 7. The third-order valence-corrected chi connectivity index (χ3v) is 7.61. The number of amides is 2. The largest absolute Gasteiger partial charge is 0.353 e. The van der Waals surface area contributed by atoms with Crippen LogP contribution in [0.4, 0.5) is 5.82 Å². The number of hydrogen-bond acceptors (Lipinski definition) is 6. The quantitative estimate of drug-likeness (QED) is 0.315. The highest BCUT2D eigenvalue weighted by atomic mass is 32.2. The molecule has 0 atom stereocenters. The summed E-state index contributed by atoms with van der Waals surface area (Å²) < 4.78 is 0. The van der Waals surface area contributed by atoms with Crippen molar-refractivity contribution in [1.29, 1.82) is 0 Å². The van der Waals surface area contributed by atoms with E-state index in [-0.39, 0.29) is 17.2 Å². The molecule has 0 spiro atoms. The van der Waals surface area contributed by atoms with Crippen LogP contribution in [0, 0.1) is 0 Å². The van der Waals surface area contributed by atoms with Crippen molar-refractivity contribution in [3.63, 3.8) is 0 Å². The monoisotopic (exact) mass is 531 g/mol. The van der Waals surface area contributed by atoms with Crippen LogP contribution in [0.3, 0.4) is 0 Å². The van der Waals surface area contributed by atoms with Crippen molar-refractivity contribution in [2.24, 2.45) is 0 Å². The van der Waals surface area contributed by atoms with Gasteiger partial charge in [-0.25, -0.2) is 9.97 Å². The average molecular weight is 532 g/mol. The molecule has 2 heterocycles. The predicted octanol–water partition coefficient (Wildman–Crippen LogP) is 5.01. The number of carbonyl (C=O) groups excluding carboxylic acids is 2. The van der Waals surface area contributed by atoms with Gasteiger partial charge in [0.05, 0.1) is 5.69 Å². The van der Waals surface area contributed by atoms with Crippen LogP contribution in [-0.2, 0) is 22.5 Å². The first kappa shape index (κ1) is 27.6. The van der Waals surface area contributed by atoms with Crippen molar-refractivity contribution < 1.29 is 9.59 Å². The minimum absolute atomic E-state index is 0.00350. The fourth-order valence-electron chi connectivity index (χ4n) is 4.31. The summed E-state index contributed by atoms with van der Waals surface area (Å²) in [5.74, 6) is 1.75. The van der Waals surface area contributed by atoms with Crippen molar-refractivity contribution in [1.82, 2.24) is 19.8 Å². The third kappa shape index (κ3) is 7.13. The van der Waals surface area contributed by atoms with E-state index in [1.54, 1.807) is 23.6 Å². The maximum absolute atomic E-state index is 12.9. The van der Waals surface area contributed by atoms with Crippen molar-refractivity contribution in [3.05, 3.63) is 83.0 Å². The van der Waals surface area contributed by atoms with Gasteiger partial charge in [-0.3, -0.25) is 9.59 Å². The fraction of sp³-hybridized carbons (Fsp3) is 0.400. The van der Waals surface area contributed by atoms with E-state index in [0.717, 1.165) is 40.9 Å². The van der Waals surface area contributed by atoms with E-state index in [1.165, 1.54) is 0 Å². The summed E-state index contributed by atoms with van der Waals surface area (Å²) in [4.78, 5) is 40.2. The van der Waals surface area contributed by atoms with Crippen LogP contribution < -0.4 is 4.90 Å². The molecule has 38 heavy (non-hydrogen) atoms. The van der Waals surface area contributed by atoms with Crippen LogP contribution in [0.1, 0.15) is 54.9 Å². The lowest BCUT2D eigenvalue weighted by Gasteiger charge is -2.35. The zero-order chi connectivity index (χ0) is 27.3. The lowest BCUT2D eigenvalue weighted by Crippen LogP contribution is -2.48. The van der Waals surface area contributed by atoms with Crippen molar-refractivity contribution in [2.75, 3.05) is 38.1 Å². The first-order chi connectivity index (χ1) is 18.1. The van der Waals surface area contributed by atoms with E-state index in [1.807, 2.05) is 66.5 Å². The molecule has 4 rings (SSSR count). The molecule has 8 heteroatoms. The number of aromatic nitrogens is 2. The molecule has 3 aromatic rings. The van der Waals surface area contributed by atoms with Crippen molar-refractivity contribution in [2.45, 2.75) is 50.6 Å². The minimum atomic E-state index is -0.109. The fourth-order valence-corrected chi connectivity index (χ4v) is 5.12. The highest BCUT2D eigenvalue weighted by molar-refractivity contribution is 7.98. The van der Waals surface area contributed by atoms with E-state index in [9.17, 15) is 9.59 Å². The van der Waals surface area contributed by atoms with E-state index in [4.69, 9.17) is 9.97 Å². The summed E-state index contributed by atoms with van der Waals surface area (Å²) in [5.41, 5.74) is 3.78. The predicted molar refractivity (Wildman–Crippen MR) is 153 cm³/mol. The summed E-state index contributed by atoms with van der Waals surface area (Å²) in [5, 5.41) is 0.740. The van der Waals surface area contributed by atoms with Gasteiger partial charge < -0.3 is 14.7 Å². The van der Waals surface area contributed by atoms with E-state index >= 15 is 0 Å². The Kier molecular flexibility index (Phi) is 8.72. The normalized spacial score (nSPS) is 13.9. The molecule has 7 nitrogen and oxygen atoms in total. The Bertz CT molecular complexity index is 1250. The lowest BCUT2D eigenvalue weighted by molar-refractivity contribution is -0.129. The maximum Gasteiger partial charge on any atom is 0.253 e. The first-order valence-corrected chi connectivity index (χ1v) is 14.0. The van der Waals surface area contributed by atoms with E-state index in [0.29, 0.717) is 31.0 Å². The van der Waals surface area contributed by atoms with Crippen LogP contribution in [0.25, 0.3) is 0 Å². The van der Waals surface area contributed by atoms with Crippen LogP contribution in [-0.4, -0.2) is 64.8 Å². The van der Waals surface area contributed by atoms with Gasteiger partial charge in [-0.1, -0.05) is 75.0 Å². The molecule has 1 fully saturated rings. The second-order valence-electron chi connectivity index (χ2n) is 10.8. The second kappa shape index (κ2) is 12.0. The zero-order valence-electron chi connectivity index (χ0n) is 23.0. The smallest absolute Gasteiger partial charge is 0.253 e. The molecule has 0 unspecified atom stereocenters. The minimum Gasteiger partial charge on any atom is -0.353 e. The molecule has 1 saturated heterocycles. The number of benzene rings is 2. The molecule has 2 aromatic carbocycles. The molecule has 0 aliphatic carbocycles. The second-order valence-corrected chi connectivity index (χ2v) is 11.7. The molecule has 2 amide bonds. The summed E-state index contributed by atoms with van der Waals surface area (Å²) in [6.45, 7) is 11.6. The van der Waals surface area contributed by atoms with E-state index in [2.05, 4.69) is 31.7 Å². The molecule has 200 valence electrons. The highest BCUT2D eigenvalue weighted by Gasteiger charge is 2.24. The Morgan fingerprint density at radius 3 is 2.18 bits per heavy atom. The standard InChI is InChI=1S/C30H37N5O2S/c1-22(36)34-15-17-35(18-16-34)27-19-26(30(2,3)4)31-29(32-27)38-21-24-11-13-25(14-12-24)28(37)33(5)20-23-9-7-6-8-10-23/h6-14,19H,15-18,20-21H2,1-5H3. The van der Waals surface area contributed by atoms with Gasteiger partial charge in [-0.05, 0) is 23.3 Å². The molecule has 0 N–H and O–H groups in total. The Morgan fingerprint density at radius 1 is 0.921 bits per heavy atom. The number of carbonyl (C=O) groups is 2. The van der Waals surface area contributed by atoms with E-state index < -0.39 is 0 Å². The van der Waals surface area contributed by atoms with Crippen LogP contribution in [0.5, 0.6) is 0 Å². The van der Waals surface area contributed by atoms with Crippen LogP contribution in [0.2, 0.25) is 0 Å². The SMILES string of the molecule is CC(=O)N1CCN(c2cc(C(C)(C)C)nc(SCc3ccc(C(=O)N(C)Cc4ccccc4)cc3)n2)CC1. The first-order valence-electron chi connectivity index (χ1n) is 13.0. The van der Waals surface area contributed by atoms with Gasteiger partial charge in [-0.15, -0.1) is 0 Å². The third-order valence-electron chi connectivity index (χ3n) is 6.69. The summed E-state index contributed by atoms with van der Waals surface area (Å²) in [6, 6.07) is 19.9. The zero-order valence-corrected chi connectivity index (χ0v) is 23.8. The molecule has 1 aliphatic rings. The lowest BCUT2D eigenvalue weighted by atomic mass is 9.92. The summed E-state index contributed by atoms with van der Waals surface area (Å²) >= 11 is 1.60. The topological polar surface area (TPSA) is 69.6 Å². The van der Waals surface area contributed by atoms with Gasteiger partial charge in [-0.2, -0.15) is 0 Å². The molecule has 0 bridgehead atoms.